The van der Waals surface area contributed by atoms with Crippen LogP contribution in [-0.4, -0.2) is 19.9 Å². The number of hydrogen-bond donors (Lipinski definition) is 0. The lowest BCUT2D eigenvalue weighted by Crippen LogP contribution is -2.00. The molecule has 0 spiro atoms. The van der Waals surface area contributed by atoms with Crippen molar-refractivity contribution in [3.05, 3.63) is 182 Å². The van der Waals surface area contributed by atoms with Crippen molar-refractivity contribution < 1.29 is 8.83 Å². The molecule has 8 aromatic carbocycles. The maximum atomic E-state index is 6.61. The molecular weight excluding hydrogens is 713 g/mol. The van der Waals surface area contributed by atoms with E-state index < -0.39 is 0 Å². The standard InChI is InChI=1S/C52H30N4O2/c1-2-14-31(15-3-1)50-54-51(56-52(55-50)42-24-13-23-39-37-20-7-10-26-44(37)57-48(39)42)33-17-12-16-32(30-33)34-28-29-38(36-19-5-4-18-35(34)36)47-49-46(40-21-6-9-25-43(40)53-47)41-22-8-11-27-45(41)58-49/h1-30H. The summed E-state index contributed by atoms with van der Waals surface area (Å²) in [6.07, 6.45) is 0. The van der Waals surface area contributed by atoms with Gasteiger partial charge in [0, 0.05) is 43.6 Å². The number of para-hydroxylation sites is 4. The van der Waals surface area contributed by atoms with Gasteiger partial charge in [-0.05, 0) is 52.2 Å². The first-order valence-corrected chi connectivity index (χ1v) is 19.3. The van der Waals surface area contributed by atoms with Gasteiger partial charge in [-0.3, -0.25) is 0 Å². The van der Waals surface area contributed by atoms with E-state index in [1.165, 1.54) is 0 Å². The summed E-state index contributed by atoms with van der Waals surface area (Å²) >= 11 is 0. The van der Waals surface area contributed by atoms with Gasteiger partial charge in [-0.25, -0.2) is 19.9 Å². The molecule has 0 aliphatic rings. The minimum Gasteiger partial charge on any atom is -0.455 e. The van der Waals surface area contributed by atoms with Gasteiger partial charge in [0.1, 0.15) is 22.4 Å². The van der Waals surface area contributed by atoms with Crippen molar-refractivity contribution in [1.29, 1.82) is 0 Å². The summed E-state index contributed by atoms with van der Waals surface area (Å²) in [6.45, 7) is 0. The SMILES string of the molecule is c1ccc(-c2nc(-c3cccc(-c4ccc(-c5nc6ccccc6c6c5oc5ccccc56)c5ccccc45)c3)nc(-c3cccc4c3oc3ccccc34)n2)cc1. The van der Waals surface area contributed by atoms with Crippen LogP contribution in [0.1, 0.15) is 0 Å². The predicted molar refractivity (Wildman–Crippen MR) is 234 cm³/mol. The Bertz CT molecular complexity index is 3590. The summed E-state index contributed by atoms with van der Waals surface area (Å²) in [5, 5.41) is 7.52. The van der Waals surface area contributed by atoms with E-state index in [-0.39, 0.29) is 0 Å². The van der Waals surface area contributed by atoms with Gasteiger partial charge < -0.3 is 8.83 Å². The summed E-state index contributed by atoms with van der Waals surface area (Å²) in [6, 6.07) is 62.2. The lowest BCUT2D eigenvalue weighted by molar-refractivity contribution is 0.668. The van der Waals surface area contributed by atoms with Crippen LogP contribution in [0.25, 0.3) is 122 Å². The van der Waals surface area contributed by atoms with E-state index in [2.05, 4.69) is 103 Å². The molecule has 0 unspecified atom stereocenters. The number of rotatable bonds is 5. The molecule has 12 rings (SSSR count). The zero-order valence-electron chi connectivity index (χ0n) is 30.9. The van der Waals surface area contributed by atoms with Gasteiger partial charge in [-0.2, -0.15) is 0 Å². The van der Waals surface area contributed by atoms with Crippen molar-refractivity contribution in [2.75, 3.05) is 0 Å². The largest absolute Gasteiger partial charge is 0.455 e. The average Bonchev–Trinajstić information content (AvgIpc) is 3.88. The summed E-state index contributed by atoms with van der Waals surface area (Å²) in [7, 11) is 0. The highest BCUT2D eigenvalue weighted by molar-refractivity contribution is 6.22. The highest BCUT2D eigenvalue weighted by atomic mass is 16.3. The van der Waals surface area contributed by atoms with E-state index in [0.717, 1.165) is 105 Å². The third-order valence-corrected chi connectivity index (χ3v) is 11.1. The van der Waals surface area contributed by atoms with Crippen LogP contribution in [0.5, 0.6) is 0 Å². The van der Waals surface area contributed by atoms with Gasteiger partial charge in [0.15, 0.2) is 23.1 Å². The fourth-order valence-corrected chi connectivity index (χ4v) is 8.46. The Morgan fingerprint density at radius 1 is 0.310 bits per heavy atom. The molecule has 0 N–H and O–H groups in total. The van der Waals surface area contributed by atoms with E-state index in [1.54, 1.807) is 0 Å². The maximum absolute atomic E-state index is 6.61. The molecule has 0 radical (unpaired) electrons. The molecule has 6 nitrogen and oxygen atoms in total. The third-order valence-electron chi connectivity index (χ3n) is 11.1. The molecule has 0 amide bonds. The van der Waals surface area contributed by atoms with Crippen molar-refractivity contribution >= 4 is 65.6 Å². The van der Waals surface area contributed by atoms with Gasteiger partial charge in [0.05, 0.1) is 11.1 Å². The lowest BCUT2D eigenvalue weighted by atomic mass is 9.92. The van der Waals surface area contributed by atoms with Gasteiger partial charge in [0.2, 0.25) is 0 Å². The van der Waals surface area contributed by atoms with Crippen LogP contribution in [0, 0.1) is 0 Å². The molecule has 0 atom stereocenters. The second-order valence-corrected chi connectivity index (χ2v) is 14.5. The van der Waals surface area contributed by atoms with E-state index in [0.29, 0.717) is 17.5 Å². The van der Waals surface area contributed by atoms with Crippen LogP contribution >= 0.6 is 0 Å². The van der Waals surface area contributed by atoms with Crippen LogP contribution in [-0.2, 0) is 0 Å². The molecule has 0 aliphatic heterocycles. The Morgan fingerprint density at radius 3 is 1.69 bits per heavy atom. The topological polar surface area (TPSA) is 77.8 Å². The number of benzene rings is 8. The molecule has 58 heavy (non-hydrogen) atoms. The Balaban J connectivity index is 1.03. The fourth-order valence-electron chi connectivity index (χ4n) is 8.46. The molecule has 0 saturated carbocycles. The molecule has 0 aliphatic carbocycles. The quantitative estimate of drug-likeness (QED) is 0.175. The average molecular weight is 743 g/mol. The van der Waals surface area contributed by atoms with E-state index in [1.807, 2.05) is 78.9 Å². The number of fused-ring (bicyclic) bond motifs is 9. The van der Waals surface area contributed by atoms with E-state index >= 15 is 0 Å². The van der Waals surface area contributed by atoms with Gasteiger partial charge in [-0.15, -0.1) is 0 Å². The van der Waals surface area contributed by atoms with Gasteiger partial charge >= 0.3 is 0 Å². The minimum atomic E-state index is 0.550. The number of hydrogen-bond acceptors (Lipinski definition) is 6. The van der Waals surface area contributed by atoms with E-state index in [9.17, 15) is 0 Å². The first kappa shape index (κ1) is 32.3. The minimum absolute atomic E-state index is 0.550. The first-order valence-electron chi connectivity index (χ1n) is 19.3. The molecule has 4 heterocycles. The molecule has 6 heteroatoms. The van der Waals surface area contributed by atoms with Gasteiger partial charge in [0.25, 0.3) is 0 Å². The summed E-state index contributed by atoms with van der Waals surface area (Å²) in [5.41, 5.74) is 10.7. The second kappa shape index (κ2) is 12.8. The molecule has 0 fully saturated rings. The summed E-state index contributed by atoms with van der Waals surface area (Å²) < 4.78 is 13.0. The molecule has 270 valence electrons. The van der Waals surface area contributed by atoms with Crippen molar-refractivity contribution in [2.45, 2.75) is 0 Å². The molecule has 4 aromatic heterocycles. The molecule has 0 bridgehead atoms. The predicted octanol–water partition coefficient (Wildman–Crippen LogP) is 13.7. The first-order chi connectivity index (χ1) is 28.7. The Labute approximate surface area is 331 Å². The maximum Gasteiger partial charge on any atom is 0.167 e. The Kier molecular flexibility index (Phi) is 7.13. The second-order valence-electron chi connectivity index (χ2n) is 14.5. The van der Waals surface area contributed by atoms with Crippen LogP contribution < -0.4 is 0 Å². The normalized spacial score (nSPS) is 11.8. The van der Waals surface area contributed by atoms with Crippen molar-refractivity contribution in [3.8, 4) is 56.5 Å². The number of aromatic nitrogens is 4. The van der Waals surface area contributed by atoms with E-state index in [4.69, 9.17) is 28.8 Å². The number of furan rings is 2. The number of pyridine rings is 1. The monoisotopic (exact) mass is 742 g/mol. The number of nitrogens with zero attached hydrogens (tertiary/aromatic N) is 4. The van der Waals surface area contributed by atoms with Crippen molar-refractivity contribution in [2.24, 2.45) is 0 Å². The molecular formula is C52H30N4O2. The van der Waals surface area contributed by atoms with Crippen LogP contribution in [0.15, 0.2) is 191 Å². The summed E-state index contributed by atoms with van der Waals surface area (Å²) in [5.74, 6) is 1.72. The molecule has 0 saturated heterocycles. The van der Waals surface area contributed by atoms with Crippen molar-refractivity contribution in [1.82, 2.24) is 19.9 Å². The van der Waals surface area contributed by atoms with Crippen molar-refractivity contribution in [3.63, 3.8) is 0 Å². The lowest BCUT2D eigenvalue weighted by Gasteiger charge is -2.14. The zero-order chi connectivity index (χ0) is 38.2. The van der Waals surface area contributed by atoms with Crippen LogP contribution in [0.4, 0.5) is 0 Å². The Hall–Kier alpha value is -7.96. The van der Waals surface area contributed by atoms with Gasteiger partial charge in [-0.1, -0.05) is 152 Å². The van der Waals surface area contributed by atoms with Crippen LogP contribution in [0.2, 0.25) is 0 Å². The zero-order valence-corrected chi connectivity index (χ0v) is 30.9. The van der Waals surface area contributed by atoms with Crippen LogP contribution in [0.3, 0.4) is 0 Å². The Morgan fingerprint density at radius 2 is 0.862 bits per heavy atom. The summed E-state index contributed by atoms with van der Waals surface area (Å²) in [4.78, 5) is 20.5. The third kappa shape index (κ3) is 5.05. The fraction of sp³-hybridized carbons (Fsp3) is 0. The highest BCUT2D eigenvalue weighted by Gasteiger charge is 2.21. The molecule has 12 aromatic rings. The highest BCUT2D eigenvalue weighted by Crippen LogP contribution is 2.43. The smallest absolute Gasteiger partial charge is 0.167 e.